The normalized spacial score (nSPS) is 31.9. The first kappa shape index (κ1) is 26.1. The zero-order valence-corrected chi connectivity index (χ0v) is 23.9. The van der Waals surface area contributed by atoms with Crippen molar-refractivity contribution in [3.8, 4) is 6.01 Å². The molecule has 3 N–H and O–H groups in total. The molecular weight excluding hydrogens is 594 g/mol. The summed E-state index contributed by atoms with van der Waals surface area (Å²) in [6.07, 6.45) is 3.56. The number of anilines is 2. The Bertz CT molecular complexity index is 1270. The fourth-order valence-corrected chi connectivity index (χ4v) is 8.05. The zero-order chi connectivity index (χ0) is 26.9. The summed E-state index contributed by atoms with van der Waals surface area (Å²) in [5.74, 6) is 0.263. The van der Waals surface area contributed by atoms with Crippen LogP contribution in [-0.2, 0) is 17.8 Å². The van der Waals surface area contributed by atoms with E-state index in [1.54, 1.807) is 0 Å². The highest BCUT2D eigenvalue weighted by molar-refractivity contribution is 9.10. The number of hydrogen-bond donors (Lipinski definition) is 2. The first-order valence-electron chi connectivity index (χ1n) is 13.8. The number of piperazine rings is 1. The molecule has 0 radical (unpaired) electrons. The van der Waals surface area contributed by atoms with Gasteiger partial charge in [0, 0.05) is 60.2 Å². The van der Waals surface area contributed by atoms with Gasteiger partial charge in [-0.25, -0.2) is 8.78 Å². The van der Waals surface area contributed by atoms with E-state index in [4.69, 9.17) is 36.8 Å². The van der Waals surface area contributed by atoms with Gasteiger partial charge in [0.25, 0.3) is 0 Å². The second-order valence-electron chi connectivity index (χ2n) is 11.7. The first-order valence-corrected chi connectivity index (χ1v) is 14.9. The Balaban J connectivity index is 1.23. The van der Waals surface area contributed by atoms with E-state index in [2.05, 4.69) is 31.0 Å². The quantitative estimate of drug-likeness (QED) is 0.375. The van der Waals surface area contributed by atoms with E-state index >= 15 is 4.39 Å². The summed E-state index contributed by atoms with van der Waals surface area (Å²) in [4.78, 5) is 14.3. The zero-order valence-electron chi connectivity index (χ0n) is 21.6. The van der Waals surface area contributed by atoms with Crippen molar-refractivity contribution in [1.29, 1.82) is 0 Å². The molecular formula is C27H32BrClF2N6O2. The summed E-state index contributed by atoms with van der Waals surface area (Å²) in [7, 11) is 0. The van der Waals surface area contributed by atoms with Crippen molar-refractivity contribution in [1.82, 2.24) is 20.2 Å². The van der Waals surface area contributed by atoms with Gasteiger partial charge < -0.3 is 25.4 Å². The van der Waals surface area contributed by atoms with Gasteiger partial charge >= 0.3 is 6.01 Å². The van der Waals surface area contributed by atoms with Crippen LogP contribution in [0.5, 0.6) is 6.01 Å². The van der Waals surface area contributed by atoms with Crippen molar-refractivity contribution in [2.75, 3.05) is 43.4 Å². The molecule has 6 heterocycles. The van der Waals surface area contributed by atoms with Gasteiger partial charge in [0.15, 0.2) is 5.82 Å². The molecule has 1 aromatic carbocycles. The highest BCUT2D eigenvalue weighted by atomic mass is 79.9. The Kier molecular flexibility index (Phi) is 6.66. The van der Waals surface area contributed by atoms with Gasteiger partial charge in [0.2, 0.25) is 0 Å². The molecule has 5 atom stereocenters. The van der Waals surface area contributed by atoms with Gasteiger partial charge in [0.05, 0.1) is 34.7 Å². The predicted octanol–water partition coefficient (Wildman–Crippen LogP) is 4.32. The van der Waals surface area contributed by atoms with Crippen LogP contribution in [0.2, 0.25) is 5.02 Å². The molecule has 4 saturated heterocycles. The fraction of sp³-hybridized carbons (Fsp3) is 0.630. The first-order chi connectivity index (χ1) is 18.8. The number of alkyl halides is 1. The SMILES string of the molecule is Nc1cc(Cl)c(Br)c([C@@H]2Cc3nc(OC[C@@]45CCCN4C[C@H](F)C5)nc(N4CC5CCC(C4)N5)c3CO2)c1F. The third-order valence-electron chi connectivity index (χ3n) is 9.15. The summed E-state index contributed by atoms with van der Waals surface area (Å²) in [6.45, 7) is 3.62. The molecule has 0 spiro atoms. The lowest BCUT2D eigenvalue weighted by molar-refractivity contribution is 0.0228. The molecule has 1 aromatic heterocycles. The minimum Gasteiger partial charge on any atom is -0.461 e. The third kappa shape index (κ3) is 4.58. The maximum Gasteiger partial charge on any atom is 0.318 e. The molecule has 0 aliphatic carbocycles. The van der Waals surface area contributed by atoms with Crippen LogP contribution in [0.1, 0.15) is 55.0 Å². The summed E-state index contributed by atoms with van der Waals surface area (Å²) < 4.78 is 42.5. The van der Waals surface area contributed by atoms with Crippen LogP contribution < -0.4 is 20.7 Å². The van der Waals surface area contributed by atoms with E-state index in [9.17, 15) is 4.39 Å². The minimum absolute atomic E-state index is 0.0283. The molecule has 2 bridgehead atoms. The monoisotopic (exact) mass is 624 g/mol. The molecule has 39 heavy (non-hydrogen) atoms. The highest BCUT2D eigenvalue weighted by Crippen LogP contribution is 2.43. The number of nitrogens with two attached hydrogens (primary N) is 1. The number of fused-ring (bicyclic) bond motifs is 4. The molecule has 210 valence electrons. The van der Waals surface area contributed by atoms with Crippen LogP contribution in [0.3, 0.4) is 0 Å². The molecule has 5 aliphatic heterocycles. The predicted molar refractivity (Wildman–Crippen MR) is 147 cm³/mol. The Morgan fingerprint density at radius 3 is 2.85 bits per heavy atom. The van der Waals surface area contributed by atoms with Gasteiger partial charge in [-0.15, -0.1) is 0 Å². The largest absolute Gasteiger partial charge is 0.461 e. The van der Waals surface area contributed by atoms with Gasteiger partial charge in [0.1, 0.15) is 18.6 Å². The molecule has 5 aliphatic rings. The van der Waals surface area contributed by atoms with Crippen molar-refractivity contribution >= 4 is 39.0 Å². The molecule has 8 nitrogen and oxygen atoms in total. The molecule has 0 amide bonds. The second kappa shape index (κ2) is 9.94. The lowest BCUT2D eigenvalue weighted by Crippen LogP contribution is -2.52. The van der Waals surface area contributed by atoms with Crippen LogP contribution in [0.4, 0.5) is 20.3 Å². The van der Waals surface area contributed by atoms with E-state index in [1.165, 1.54) is 6.07 Å². The van der Waals surface area contributed by atoms with E-state index in [-0.39, 0.29) is 29.4 Å². The Labute approximate surface area is 239 Å². The Hall–Kier alpha value is -1.79. The standard InChI is InChI=1S/C27H32BrClF2N6O2/c28-23-18(29)6-19(32)24(31)22(23)21-7-20-17(12-38-21)25(36-10-15-2-3-16(11-36)33-15)35-26(34-20)39-13-27-4-1-5-37(27)9-14(30)8-27/h6,14-16,21,33H,1-5,7-13,32H2/t14-,15?,16?,21+,27+/m1/s1. The Morgan fingerprint density at radius 2 is 2.05 bits per heavy atom. The minimum atomic E-state index is -0.832. The topological polar surface area (TPSA) is 88.8 Å². The number of nitrogens with zero attached hydrogens (tertiary/aromatic N) is 4. The third-order valence-corrected chi connectivity index (χ3v) is 10.5. The summed E-state index contributed by atoms with van der Waals surface area (Å²) in [5, 5.41) is 3.99. The van der Waals surface area contributed by atoms with Gasteiger partial charge in [-0.1, -0.05) is 11.6 Å². The fourth-order valence-electron chi connectivity index (χ4n) is 7.29. The number of halogens is 4. The maximum absolute atomic E-state index is 15.2. The van der Waals surface area contributed by atoms with Crippen molar-refractivity contribution in [2.45, 2.75) is 75.0 Å². The smallest absolute Gasteiger partial charge is 0.318 e. The highest BCUT2D eigenvalue weighted by Gasteiger charge is 2.49. The van der Waals surface area contributed by atoms with Crippen LogP contribution in [0, 0.1) is 5.82 Å². The molecule has 7 rings (SSSR count). The lowest BCUT2D eigenvalue weighted by atomic mass is 9.95. The van der Waals surface area contributed by atoms with Gasteiger partial charge in [-0.3, -0.25) is 4.90 Å². The maximum atomic E-state index is 15.2. The second-order valence-corrected chi connectivity index (χ2v) is 12.9. The number of benzene rings is 1. The molecule has 2 unspecified atom stereocenters. The Morgan fingerprint density at radius 1 is 1.26 bits per heavy atom. The van der Waals surface area contributed by atoms with Crippen molar-refractivity contribution in [2.24, 2.45) is 0 Å². The number of hydrogen-bond acceptors (Lipinski definition) is 8. The number of ether oxygens (including phenoxy) is 2. The van der Waals surface area contributed by atoms with E-state index < -0.39 is 18.1 Å². The summed E-state index contributed by atoms with van der Waals surface area (Å²) in [6, 6.07) is 2.51. The molecule has 4 fully saturated rings. The van der Waals surface area contributed by atoms with E-state index in [1.807, 2.05) is 0 Å². The van der Waals surface area contributed by atoms with Crippen molar-refractivity contribution < 1.29 is 18.3 Å². The molecule has 2 aromatic rings. The number of nitrogens with one attached hydrogen (secondary N) is 1. The van der Waals surface area contributed by atoms with Crippen LogP contribution >= 0.6 is 27.5 Å². The summed E-state index contributed by atoms with van der Waals surface area (Å²) in [5.41, 5.74) is 7.51. The summed E-state index contributed by atoms with van der Waals surface area (Å²) >= 11 is 9.74. The van der Waals surface area contributed by atoms with Crippen LogP contribution in [0.25, 0.3) is 0 Å². The number of nitrogen functional groups attached to an aromatic ring is 1. The molecule has 12 heteroatoms. The average Bonchev–Trinajstić information content (AvgIpc) is 3.56. The average molecular weight is 626 g/mol. The van der Waals surface area contributed by atoms with E-state index in [0.29, 0.717) is 47.6 Å². The van der Waals surface area contributed by atoms with Gasteiger partial charge in [-0.2, -0.15) is 9.97 Å². The molecule has 0 saturated carbocycles. The van der Waals surface area contributed by atoms with E-state index in [0.717, 1.165) is 62.4 Å². The van der Waals surface area contributed by atoms with Crippen LogP contribution in [-0.4, -0.2) is 71.4 Å². The lowest BCUT2D eigenvalue weighted by Gasteiger charge is -2.37. The van der Waals surface area contributed by atoms with Gasteiger partial charge in [-0.05, 0) is 54.2 Å². The number of aromatic nitrogens is 2. The van der Waals surface area contributed by atoms with Crippen molar-refractivity contribution in [3.63, 3.8) is 0 Å². The van der Waals surface area contributed by atoms with Crippen LogP contribution in [0.15, 0.2) is 10.5 Å². The number of rotatable bonds is 5. The van der Waals surface area contributed by atoms with Crippen molar-refractivity contribution in [3.05, 3.63) is 38.2 Å².